The predicted molar refractivity (Wildman–Crippen MR) is 102 cm³/mol. The monoisotopic (exact) mass is 369 g/mol. The van der Waals surface area contributed by atoms with Crippen molar-refractivity contribution in [2.75, 3.05) is 13.1 Å². The van der Waals surface area contributed by atoms with E-state index >= 15 is 0 Å². The summed E-state index contributed by atoms with van der Waals surface area (Å²) in [5.74, 6) is 0.340. The van der Waals surface area contributed by atoms with Gasteiger partial charge in [0.1, 0.15) is 0 Å². The molecule has 1 aromatic carbocycles. The molecule has 3 rings (SSSR count). The molecule has 0 bridgehead atoms. The Morgan fingerprint density at radius 1 is 1.30 bits per heavy atom. The van der Waals surface area contributed by atoms with Gasteiger partial charge < -0.3 is 14.3 Å². The van der Waals surface area contributed by atoms with Crippen LogP contribution in [0.25, 0.3) is 0 Å². The molecule has 144 valence electrons. The third-order valence-corrected chi connectivity index (χ3v) is 5.07. The van der Waals surface area contributed by atoms with E-state index in [1.807, 2.05) is 49.1 Å². The van der Waals surface area contributed by atoms with Crippen molar-refractivity contribution in [1.29, 1.82) is 0 Å². The molecule has 2 heterocycles. The van der Waals surface area contributed by atoms with Crippen LogP contribution in [0.2, 0.25) is 0 Å². The molecule has 2 amide bonds. The average molecular weight is 369 g/mol. The van der Waals surface area contributed by atoms with Gasteiger partial charge in [0.25, 0.3) is 5.91 Å². The first-order valence-corrected chi connectivity index (χ1v) is 9.58. The number of amides is 2. The molecule has 1 aliphatic rings. The second kappa shape index (κ2) is 8.37. The lowest BCUT2D eigenvalue weighted by Gasteiger charge is -2.31. The van der Waals surface area contributed by atoms with E-state index in [0.717, 1.165) is 17.7 Å². The molecule has 1 atom stereocenters. The van der Waals surface area contributed by atoms with Crippen LogP contribution >= 0.6 is 0 Å². The van der Waals surface area contributed by atoms with Gasteiger partial charge in [-0.25, -0.2) is 0 Å². The van der Waals surface area contributed by atoms with Crippen LogP contribution in [0.15, 0.2) is 40.9 Å². The molecule has 0 spiro atoms. The summed E-state index contributed by atoms with van der Waals surface area (Å²) in [4.78, 5) is 29.3. The second-order valence-corrected chi connectivity index (χ2v) is 7.34. The molecular weight excluding hydrogens is 342 g/mol. The van der Waals surface area contributed by atoms with E-state index in [4.69, 9.17) is 4.52 Å². The number of rotatable bonds is 5. The molecular formula is C21H27N3O3. The summed E-state index contributed by atoms with van der Waals surface area (Å²) in [5, 5.41) is 3.98. The summed E-state index contributed by atoms with van der Waals surface area (Å²) in [7, 11) is 0. The maximum Gasteiger partial charge on any atom is 0.292 e. The quantitative estimate of drug-likeness (QED) is 0.810. The average Bonchev–Trinajstić information content (AvgIpc) is 3.12. The maximum atomic E-state index is 12.9. The smallest absolute Gasteiger partial charge is 0.292 e. The molecule has 1 fully saturated rings. The third-order valence-electron chi connectivity index (χ3n) is 5.07. The molecule has 1 aliphatic heterocycles. The number of benzene rings is 1. The Labute approximate surface area is 160 Å². The number of nitrogens with zero attached hydrogens (tertiary/aromatic N) is 3. The summed E-state index contributed by atoms with van der Waals surface area (Å²) < 4.78 is 5.26. The van der Waals surface area contributed by atoms with Crippen molar-refractivity contribution in [3.05, 3.63) is 53.4 Å². The van der Waals surface area contributed by atoms with E-state index < -0.39 is 0 Å². The van der Waals surface area contributed by atoms with Crippen LogP contribution in [0, 0.1) is 0 Å². The van der Waals surface area contributed by atoms with E-state index in [-0.39, 0.29) is 29.5 Å². The highest BCUT2D eigenvalue weighted by Gasteiger charge is 2.32. The molecule has 6 heteroatoms. The number of carbonyl (C=O) groups is 2. The zero-order valence-corrected chi connectivity index (χ0v) is 16.2. The fourth-order valence-corrected chi connectivity index (χ4v) is 3.37. The van der Waals surface area contributed by atoms with E-state index in [1.54, 1.807) is 11.0 Å². The van der Waals surface area contributed by atoms with E-state index in [1.165, 1.54) is 0 Å². The lowest BCUT2D eigenvalue weighted by molar-refractivity contribution is -0.133. The van der Waals surface area contributed by atoms with Gasteiger partial charge in [-0.3, -0.25) is 9.59 Å². The fourth-order valence-electron chi connectivity index (χ4n) is 3.37. The van der Waals surface area contributed by atoms with Crippen LogP contribution in [-0.4, -0.2) is 45.9 Å². The zero-order valence-electron chi connectivity index (χ0n) is 16.2. The molecule has 0 saturated carbocycles. The first-order valence-electron chi connectivity index (χ1n) is 9.58. The second-order valence-electron chi connectivity index (χ2n) is 7.34. The lowest BCUT2D eigenvalue weighted by atomic mass is 10.1. The minimum absolute atomic E-state index is 0.0170. The van der Waals surface area contributed by atoms with Gasteiger partial charge >= 0.3 is 0 Å². The van der Waals surface area contributed by atoms with Crippen LogP contribution in [0.5, 0.6) is 0 Å². The fraction of sp³-hybridized carbons (Fsp3) is 0.476. The van der Waals surface area contributed by atoms with Gasteiger partial charge in [-0.05, 0) is 17.9 Å². The highest BCUT2D eigenvalue weighted by atomic mass is 16.5. The van der Waals surface area contributed by atoms with Crippen LogP contribution < -0.4 is 0 Å². The summed E-state index contributed by atoms with van der Waals surface area (Å²) in [6.07, 6.45) is 1.11. The van der Waals surface area contributed by atoms with Crippen molar-refractivity contribution in [2.24, 2.45) is 0 Å². The number of carbonyl (C=O) groups excluding carboxylic acids is 2. The lowest BCUT2D eigenvalue weighted by Crippen LogP contribution is -2.43. The zero-order chi connectivity index (χ0) is 19.4. The van der Waals surface area contributed by atoms with E-state index in [0.29, 0.717) is 26.1 Å². The van der Waals surface area contributed by atoms with E-state index in [2.05, 4.69) is 12.1 Å². The van der Waals surface area contributed by atoms with Crippen molar-refractivity contribution >= 4 is 11.8 Å². The van der Waals surface area contributed by atoms with Gasteiger partial charge in [-0.1, -0.05) is 56.3 Å². The van der Waals surface area contributed by atoms with Gasteiger partial charge in [-0.15, -0.1) is 0 Å². The molecule has 0 N–H and O–H groups in total. The normalized spacial score (nSPS) is 18.1. The first-order chi connectivity index (χ1) is 13.0. The van der Waals surface area contributed by atoms with E-state index in [9.17, 15) is 9.59 Å². The SMILES string of the molecule is CCC1CN(C(=O)c2cc(C(C)C)no2)CCC(=O)N1Cc1ccccc1. The molecule has 0 radical (unpaired) electrons. The van der Waals surface area contributed by atoms with Crippen LogP contribution in [0.4, 0.5) is 0 Å². The largest absolute Gasteiger partial charge is 0.351 e. The number of aromatic nitrogens is 1. The molecule has 27 heavy (non-hydrogen) atoms. The Morgan fingerprint density at radius 2 is 2.04 bits per heavy atom. The standard InChI is InChI=1S/C21H27N3O3/c1-4-17-14-23(21(26)19-12-18(15(2)3)22-27-19)11-10-20(25)24(17)13-16-8-6-5-7-9-16/h5-9,12,15,17H,4,10-11,13-14H2,1-3H3. The highest BCUT2D eigenvalue weighted by Crippen LogP contribution is 2.21. The van der Waals surface area contributed by atoms with Crippen LogP contribution in [0.1, 0.15) is 61.3 Å². The van der Waals surface area contributed by atoms with Crippen molar-refractivity contribution in [3.63, 3.8) is 0 Å². The summed E-state index contributed by atoms with van der Waals surface area (Å²) in [5.41, 5.74) is 1.86. The molecule has 1 saturated heterocycles. The van der Waals surface area contributed by atoms with Crippen LogP contribution in [-0.2, 0) is 11.3 Å². The van der Waals surface area contributed by atoms with Crippen LogP contribution in [0.3, 0.4) is 0 Å². The number of hydrogen-bond donors (Lipinski definition) is 0. The molecule has 1 aromatic heterocycles. The van der Waals surface area contributed by atoms with Crippen molar-refractivity contribution in [1.82, 2.24) is 15.0 Å². The summed E-state index contributed by atoms with van der Waals surface area (Å²) >= 11 is 0. The van der Waals surface area contributed by atoms with Crippen molar-refractivity contribution < 1.29 is 14.1 Å². The Bertz CT molecular complexity index is 785. The highest BCUT2D eigenvalue weighted by molar-refractivity contribution is 5.92. The minimum atomic E-state index is -0.192. The first kappa shape index (κ1) is 19.1. The Hall–Kier alpha value is -2.63. The molecule has 1 unspecified atom stereocenters. The minimum Gasteiger partial charge on any atom is -0.351 e. The van der Waals surface area contributed by atoms with Gasteiger partial charge in [0.15, 0.2) is 0 Å². The van der Waals surface area contributed by atoms with Gasteiger partial charge in [0.2, 0.25) is 11.7 Å². The predicted octanol–water partition coefficient (Wildman–Crippen LogP) is 3.45. The topological polar surface area (TPSA) is 66.7 Å². The Morgan fingerprint density at radius 3 is 2.67 bits per heavy atom. The number of hydrogen-bond acceptors (Lipinski definition) is 4. The van der Waals surface area contributed by atoms with Gasteiger partial charge in [-0.2, -0.15) is 0 Å². The molecule has 6 nitrogen and oxygen atoms in total. The van der Waals surface area contributed by atoms with Gasteiger partial charge in [0, 0.05) is 38.2 Å². The van der Waals surface area contributed by atoms with Crippen molar-refractivity contribution in [3.8, 4) is 0 Å². The summed E-state index contributed by atoms with van der Waals surface area (Å²) in [6.45, 7) is 7.54. The molecule has 0 aliphatic carbocycles. The third kappa shape index (κ3) is 4.38. The van der Waals surface area contributed by atoms with Gasteiger partial charge in [0.05, 0.1) is 5.69 Å². The Kier molecular flexibility index (Phi) is 5.94. The van der Waals surface area contributed by atoms with Crippen molar-refractivity contribution in [2.45, 2.75) is 52.1 Å². The maximum absolute atomic E-state index is 12.9. The Balaban J connectivity index is 1.76. The molecule has 2 aromatic rings. The summed E-state index contributed by atoms with van der Waals surface area (Å²) in [6, 6.07) is 11.7.